The van der Waals surface area contributed by atoms with Crippen LogP contribution in [-0.2, 0) is 22.6 Å². The van der Waals surface area contributed by atoms with Crippen LogP contribution < -0.4 is 10.5 Å². The molecule has 8 heteroatoms. The molecule has 1 atom stereocenters. The van der Waals surface area contributed by atoms with Gasteiger partial charge in [0.25, 0.3) is 0 Å². The fourth-order valence-electron chi connectivity index (χ4n) is 3.91. The summed E-state index contributed by atoms with van der Waals surface area (Å²) in [5, 5.41) is 0. The van der Waals surface area contributed by atoms with E-state index in [1.807, 2.05) is 11.5 Å². The molecule has 0 radical (unpaired) electrons. The molecule has 0 bridgehead atoms. The Morgan fingerprint density at radius 1 is 1.31 bits per heavy atom. The van der Waals surface area contributed by atoms with Gasteiger partial charge in [-0.05, 0) is 37.1 Å². The summed E-state index contributed by atoms with van der Waals surface area (Å²) in [6, 6.07) is 5.74. The molecule has 2 amide bonds. The van der Waals surface area contributed by atoms with E-state index in [4.69, 9.17) is 10.5 Å². The van der Waals surface area contributed by atoms with Crippen LogP contribution in [0.1, 0.15) is 32.0 Å². The van der Waals surface area contributed by atoms with Gasteiger partial charge in [-0.1, -0.05) is 6.92 Å². The summed E-state index contributed by atoms with van der Waals surface area (Å²) in [7, 11) is 0. The lowest BCUT2D eigenvalue weighted by Gasteiger charge is -2.42. The zero-order valence-electron chi connectivity index (χ0n) is 16.6. The maximum Gasteiger partial charge on any atom is 0.242 e. The number of aryl methyl sites for hydroxylation is 1. The van der Waals surface area contributed by atoms with Gasteiger partial charge in [0.05, 0.1) is 6.61 Å². The van der Waals surface area contributed by atoms with E-state index in [0.29, 0.717) is 18.8 Å². The van der Waals surface area contributed by atoms with Gasteiger partial charge >= 0.3 is 0 Å². The molecule has 2 N–H and O–H groups in total. The molecular formula is C21H27FN4O3. The number of halogens is 1. The molecule has 0 spiro atoms. The molecule has 0 saturated carbocycles. The number of benzene rings is 1. The first-order chi connectivity index (χ1) is 13.9. The molecule has 7 nitrogen and oxygen atoms in total. The largest absolute Gasteiger partial charge is 0.493 e. The molecule has 3 rings (SSSR count). The highest BCUT2D eigenvalue weighted by Crippen LogP contribution is 2.34. The number of carbonyl (C=O) groups is 2. The van der Waals surface area contributed by atoms with Crippen molar-refractivity contribution in [1.29, 1.82) is 0 Å². The van der Waals surface area contributed by atoms with E-state index in [9.17, 15) is 14.0 Å². The number of piperidine rings is 1. The van der Waals surface area contributed by atoms with Gasteiger partial charge in [0.1, 0.15) is 23.9 Å². The molecule has 1 fully saturated rings. The zero-order chi connectivity index (χ0) is 20.9. The van der Waals surface area contributed by atoms with Gasteiger partial charge in [-0.25, -0.2) is 9.37 Å². The van der Waals surface area contributed by atoms with Crippen LogP contribution in [0.4, 0.5) is 4.39 Å². The number of ether oxygens (including phenoxy) is 1. The Hall–Kier alpha value is -2.90. The lowest BCUT2D eigenvalue weighted by Crippen LogP contribution is -2.51. The predicted octanol–water partition coefficient (Wildman–Crippen LogP) is 2.15. The van der Waals surface area contributed by atoms with E-state index in [-0.39, 0.29) is 31.3 Å². The molecule has 2 heterocycles. The van der Waals surface area contributed by atoms with Gasteiger partial charge < -0.3 is 19.9 Å². The number of aromatic nitrogens is 2. The normalized spacial score (nSPS) is 19.2. The van der Waals surface area contributed by atoms with Crippen LogP contribution in [0.25, 0.3) is 0 Å². The summed E-state index contributed by atoms with van der Waals surface area (Å²) in [6.07, 6.45) is 5.86. The van der Waals surface area contributed by atoms with Crippen LogP contribution in [0.3, 0.4) is 0 Å². The molecule has 1 aromatic heterocycles. The van der Waals surface area contributed by atoms with Crippen molar-refractivity contribution in [1.82, 2.24) is 14.5 Å². The Kier molecular flexibility index (Phi) is 6.51. The molecule has 0 unspecified atom stereocenters. The van der Waals surface area contributed by atoms with Crippen molar-refractivity contribution in [3.63, 3.8) is 0 Å². The minimum Gasteiger partial charge on any atom is -0.493 e. The second-order valence-electron chi connectivity index (χ2n) is 7.63. The number of imidazole rings is 1. The van der Waals surface area contributed by atoms with E-state index >= 15 is 0 Å². The van der Waals surface area contributed by atoms with Crippen LogP contribution in [0.5, 0.6) is 5.75 Å². The minimum atomic E-state index is -0.559. The van der Waals surface area contributed by atoms with Crippen molar-refractivity contribution in [3.8, 4) is 5.75 Å². The number of primary amides is 1. The van der Waals surface area contributed by atoms with E-state index < -0.39 is 11.3 Å². The van der Waals surface area contributed by atoms with E-state index in [2.05, 4.69) is 4.98 Å². The highest BCUT2D eigenvalue weighted by Gasteiger charge is 2.39. The zero-order valence-corrected chi connectivity index (χ0v) is 16.6. The average molecular weight is 402 g/mol. The third kappa shape index (κ3) is 5.34. The van der Waals surface area contributed by atoms with Crippen LogP contribution in [0.2, 0.25) is 0 Å². The second-order valence-corrected chi connectivity index (χ2v) is 7.63. The van der Waals surface area contributed by atoms with Gasteiger partial charge in [0, 0.05) is 43.7 Å². The maximum atomic E-state index is 13.1. The van der Waals surface area contributed by atoms with Gasteiger partial charge in [0.2, 0.25) is 11.8 Å². The van der Waals surface area contributed by atoms with Crippen molar-refractivity contribution in [2.45, 2.75) is 39.2 Å². The molecule has 1 aliphatic rings. The van der Waals surface area contributed by atoms with E-state index in [1.165, 1.54) is 12.1 Å². The summed E-state index contributed by atoms with van der Waals surface area (Å²) in [5.74, 6) is 0.589. The molecular weight excluding hydrogens is 375 g/mol. The van der Waals surface area contributed by atoms with Crippen molar-refractivity contribution >= 4 is 11.8 Å². The average Bonchev–Trinajstić information content (AvgIpc) is 3.14. The van der Waals surface area contributed by atoms with Crippen molar-refractivity contribution in [3.05, 3.63) is 48.3 Å². The summed E-state index contributed by atoms with van der Waals surface area (Å²) in [4.78, 5) is 30.7. The number of hydrogen-bond donors (Lipinski definition) is 1. The third-order valence-electron chi connectivity index (χ3n) is 5.35. The molecule has 1 aliphatic heterocycles. The standard InChI is InChI=1S/C21H27FN4O3/c1-2-19-24-9-11-25(19)13-20(28)26-10-3-8-21(14-26,12-18(23)27)15-29-17-6-4-16(22)5-7-17/h4-7,9,11H,2-3,8,10,12-15H2,1H3,(H2,23,27)/t21-/m1/s1. The molecule has 1 saturated heterocycles. The van der Waals surface area contributed by atoms with Crippen LogP contribution in [0, 0.1) is 11.2 Å². The Morgan fingerprint density at radius 3 is 2.76 bits per heavy atom. The third-order valence-corrected chi connectivity index (χ3v) is 5.35. The SMILES string of the molecule is CCc1nccn1CC(=O)N1CCC[C@@](COc2ccc(F)cc2)(CC(N)=O)C1. The number of nitrogens with two attached hydrogens (primary N) is 1. The summed E-state index contributed by atoms with van der Waals surface area (Å²) in [5.41, 5.74) is 4.95. The summed E-state index contributed by atoms with van der Waals surface area (Å²) in [6.45, 7) is 3.47. The van der Waals surface area contributed by atoms with Crippen molar-refractivity contribution < 1.29 is 18.7 Å². The van der Waals surface area contributed by atoms with Crippen LogP contribution >= 0.6 is 0 Å². The van der Waals surface area contributed by atoms with Gasteiger partial charge in [-0.2, -0.15) is 0 Å². The van der Waals surface area contributed by atoms with Crippen LogP contribution in [0.15, 0.2) is 36.7 Å². The Bertz CT molecular complexity index is 852. The van der Waals surface area contributed by atoms with E-state index in [1.54, 1.807) is 29.4 Å². The van der Waals surface area contributed by atoms with Crippen LogP contribution in [-0.4, -0.2) is 46.0 Å². The fraction of sp³-hybridized carbons (Fsp3) is 0.476. The molecule has 156 valence electrons. The van der Waals surface area contributed by atoms with Gasteiger partial charge in [0.15, 0.2) is 0 Å². The van der Waals surface area contributed by atoms with Crippen molar-refractivity contribution in [2.75, 3.05) is 19.7 Å². The minimum absolute atomic E-state index is 0.0203. The predicted molar refractivity (Wildman–Crippen MR) is 106 cm³/mol. The Labute approximate surface area is 169 Å². The van der Waals surface area contributed by atoms with Gasteiger partial charge in [-0.3, -0.25) is 9.59 Å². The monoisotopic (exact) mass is 402 g/mol. The fourth-order valence-corrected chi connectivity index (χ4v) is 3.91. The highest BCUT2D eigenvalue weighted by molar-refractivity contribution is 5.77. The Morgan fingerprint density at radius 2 is 2.07 bits per heavy atom. The molecule has 0 aliphatic carbocycles. The number of amides is 2. The molecule has 1 aromatic carbocycles. The summed E-state index contributed by atoms with van der Waals surface area (Å²) >= 11 is 0. The second kappa shape index (κ2) is 9.07. The number of rotatable bonds is 8. The Balaban J connectivity index is 1.70. The number of hydrogen-bond acceptors (Lipinski definition) is 4. The summed E-state index contributed by atoms with van der Waals surface area (Å²) < 4.78 is 20.8. The van der Waals surface area contributed by atoms with E-state index in [0.717, 1.165) is 25.1 Å². The first-order valence-electron chi connectivity index (χ1n) is 9.85. The van der Waals surface area contributed by atoms with Gasteiger partial charge in [-0.15, -0.1) is 0 Å². The smallest absolute Gasteiger partial charge is 0.242 e. The maximum absolute atomic E-state index is 13.1. The number of nitrogens with zero attached hydrogens (tertiary/aromatic N) is 3. The highest BCUT2D eigenvalue weighted by atomic mass is 19.1. The lowest BCUT2D eigenvalue weighted by molar-refractivity contribution is -0.138. The quantitative estimate of drug-likeness (QED) is 0.733. The number of carbonyl (C=O) groups excluding carboxylic acids is 2. The first kappa shape index (κ1) is 20.8. The topological polar surface area (TPSA) is 90.4 Å². The molecule has 2 aromatic rings. The number of likely N-dealkylation sites (tertiary alicyclic amines) is 1. The first-order valence-corrected chi connectivity index (χ1v) is 9.85. The lowest BCUT2D eigenvalue weighted by atomic mass is 9.77. The molecule has 29 heavy (non-hydrogen) atoms. The van der Waals surface area contributed by atoms with Crippen molar-refractivity contribution in [2.24, 2.45) is 11.1 Å².